The second-order valence-electron chi connectivity index (χ2n) is 6.30. The number of carbonyl (C=O) groups is 3. The number of aliphatic imine (C=N–C) groups is 1. The third-order valence-electron chi connectivity index (χ3n) is 4.81. The summed E-state index contributed by atoms with van der Waals surface area (Å²) >= 11 is 0. The lowest BCUT2D eigenvalue weighted by atomic mass is 9.71. The van der Waals surface area contributed by atoms with Gasteiger partial charge in [-0.25, -0.2) is 4.79 Å². The largest absolute Gasteiger partial charge is 0.478 e. The van der Waals surface area contributed by atoms with Gasteiger partial charge in [-0.2, -0.15) is 0 Å². The Morgan fingerprint density at radius 3 is 2.48 bits per heavy atom. The zero-order valence-corrected chi connectivity index (χ0v) is 14.1. The molecular formula is C19H19NO5. The molecule has 2 aliphatic rings. The van der Waals surface area contributed by atoms with Gasteiger partial charge in [-0.15, -0.1) is 0 Å². The smallest absolute Gasteiger partial charge is 0.335 e. The number of allylic oxidation sites excluding steroid dienone is 2. The zero-order valence-electron chi connectivity index (χ0n) is 14.1. The minimum Gasteiger partial charge on any atom is -0.478 e. The molecule has 1 heterocycles. The number of nitrogens with zero attached hydrogens (tertiary/aromatic N) is 1. The number of Topliss-reactive ketones (excluding diaryl/α,β-unsaturated/α-hetero) is 1. The lowest BCUT2D eigenvalue weighted by molar-refractivity contribution is -0.143. The highest BCUT2D eigenvalue weighted by molar-refractivity contribution is 6.08. The molecular weight excluding hydrogens is 322 g/mol. The molecule has 0 amide bonds. The Kier molecular flexibility index (Phi) is 4.53. The molecule has 0 spiro atoms. The van der Waals surface area contributed by atoms with E-state index in [1.807, 2.05) is 0 Å². The molecule has 1 N–H and O–H groups in total. The molecule has 1 aromatic carbocycles. The number of esters is 1. The molecule has 0 radical (unpaired) electrons. The zero-order chi connectivity index (χ0) is 18.1. The molecule has 1 aliphatic carbocycles. The first-order valence-electron chi connectivity index (χ1n) is 8.16. The van der Waals surface area contributed by atoms with E-state index in [4.69, 9.17) is 9.84 Å². The van der Waals surface area contributed by atoms with Crippen LogP contribution >= 0.6 is 0 Å². The fourth-order valence-electron chi connectivity index (χ4n) is 3.63. The summed E-state index contributed by atoms with van der Waals surface area (Å²) < 4.78 is 4.94. The number of aromatic carboxylic acids is 1. The van der Waals surface area contributed by atoms with Gasteiger partial charge < -0.3 is 9.84 Å². The van der Waals surface area contributed by atoms with E-state index in [1.54, 1.807) is 19.1 Å². The number of hydrogen-bond acceptors (Lipinski definition) is 5. The van der Waals surface area contributed by atoms with Gasteiger partial charge in [-0.3, -0.25) is 14.6 Å². The van der Waals surface area contributed by atoms with Crippen molar-refractivity contribution in [3.8, 4) is 0 Å². The van der Waals surface area contributed by atoms with Crippen molar-refractivity contribution >= 4 is 23.4 Å². The molecule has 0 bridgehead atoms. The molecule has 130 valence electrons. The Bertz CT molecular complexity index is 804. The number of ether oxygens (including phenoxy) is 1. The van der Waals surface area contributed by atoms with Crippen molar-refractivity contribution in [2.24, 2.45) is 10.9 Å². The minimum absolute atomic E-state index is 0.00119. The van der Waals surface area contributed by atoms with E-state index in [9.17, 15) is 14.4 Å². The quantitative estimate of drug-likeness (QED) is 0.853. The second kappa shape index (κ2) is 6.63. The monoisotopic (exact) mass is 341 g/mol. The SMILES string of the molecule is COC(=O)C1C(C)=NC2=C(C(=O)CCC2)[C@H]1c1ccc(C(=O)O)cc1. The Morgan fingerprint density at radius 1 is 1.20 bits per heavy atom. The van der Waals surface area contributed by atoms with Crippen LogP contribution in [0, 0.1) is 5.92 Å². The molecule has 0 saturated carbocycles. The summed E-state index contributed by atoms with van der Waals surface area (Å²) in [5.41, 5.74) is 2.80. The van der Waals surface area contributed by atoms with E-state index in [2.05, 4.69) is 4.99 Å². The van der Waals surface area contributed by atoms with Crippen molar-refractivity contribution in [2.75, 3.05) is 7.11 Å². The molecule has 6 nitrogen and oxygen atoms in total. The first-order valence-corrected chi connectivity index (χ1v) is 8.16. The fraction of sp³-hybridized carbons (Fsp3) is 0.368. The van der Waals surface area contributed by atoms with Crippen LogP contribution in [0.15, 0.2) is 40.5 Å². The summed E-state index contributed by atoms with van der Waals surface area (Å²) in [5, 5.41) is 9.08. The number of benzene rings is 1. The van der Waals surface area contributed by atoms with Gasteiger partial charge in [0.2, 0.25) is 0 Å². The number of methoxy groups -OCH3 is 1. The molecule has 2 atom stereocenters. The molecule has 1 aromatic rings. The summed E-state index contributed by atoms with van der Waals surface area (Å²) in [7, 11) is 1.31. The molecule has 0 fully saturated rings. The lowest BCUT2D eigenvalue weighted by Gasteiger charge is -2.34. The van der Waals surface area contributed by atoms with E-state index in [1.165, 1.54) is 19.2 Å². The van der Waals surface area contributed by atoms with Gasteiger partial charge in [0.15, 0.2) is 5.78 Å². The van der Waals surface area contributed by atoms with Crippen molar-refractivity contribution in [3.05, 3.63) is 46.7 Å². The topological polar surface area (TPSA) is 93.0 Å². The van der Waals surface area contributed by atoms with Gasteiger partial charge in [-0.05, 0) is 37.5 Å². The molecule has 1 unspecified atom stereocenters. The maximum absolute atomic E-state index is 12.6. The summed E-state index contributed by atoms with van der Waals surface area (Å²) in [6, 6.07) is 6.30. The summed E-state index contributed by atoms with van der Waals surface area (Å²) in [5.74, 6) is -2.64. The van der Waals surface area contributed by atoms with Crippen LogP contribution in [0.2, 0.25) is 0 Å². The first-order chi connectivity index (χ1) is 11.9. The van der Waals surface area contributed by atoms with Crippen LogP contribution in [0.4, 0.5) is 0 Å². The number of hydrogen-bond donors (Lipinski definition) is 1. The van der Waals surface area contributed by atoms with Crippen LogP contribution in [-0.2, 0) is 14.3 Å². The maximum atomic E-state index is 12.6. The minimum atomic E-state index is -1.02. The second-order valence-corrected chi connectivity index (χ2v) is 6.30. The standard InChI is InChI=1S/C19H19NO5/c1-10-15(19(24)25-2)16(11-6-8-12(9-7-11)18(22)23)17-13(20-10)4-3-5-14(17)21/h6-9,15-16H,3-5H2,1-2H3,(H,22,23)/t15?,16-/m0/s1. The fourth-order valence-corrected chi connectivity index (χ4v) is 3.63. The van der Waals surface area contributed by atoms with E-state index < -0.39 is 23.8 Å². The average Bonchev–Trinajstić information content (AvgIpc) is 2.60. The van der Waals surface area contributed by atoms with Crippen molar-refractivity contribution in [1.29, 1.82) is 0 Å². The maximum Gasteiger partial charge on any atom is 0.335 e. The van der Waals surface area contributed by atoms with Crippen LogP contribution in [0.5, 0.6) is 0 Å². The van der Waals surface area contributed by atoms with Crippen molar-refractivity contribution in [1.82, 2.24) is 0 Å². The van der Waals surface area contributed by atoms with Crippen LogP contribution in [0.3, 0.4) is 0 Å². The van der Waals surface area contributed by atoms with E-state index in [0.717, 1.165) is 17.7 Å². The predicted molar refractivity (Wildman–Crippen MR) is 90.6 cm³/mol. The summed E-state index contributed by atoms with van der Waals surface area (Å²) in [6.07, 6.45) is 1.89. The van der Waals surface area contributed by atoms with E-state index in [-0.39, 0.29) is 11.3 Å². The highest BCUT2D eigenvalue weighted by atomic mass is 16.5. The Labute approximate surface area is 145 Å². The van der Waals surface area contributed by atoms with E-state index >= 15 is 0 Å². The van der Waals surface area contributed by atoms with Crippen LogP contribution < -0.4 is 0 Å². The number of ketones is 1. The number of carbonyl (C=O) groups excluding carboxylic acids is 2. The Balaban J connectivity index is 2.14. The van der Waals surface area contributed by atoms with Gasteiger partial charge in [0.05, 0.1) is 12.7 Å². The molecule has 0 saturated heterocycles. The normalized spacial score (nSPS) is 23.0. The highest BCUT2D eigenvalue weighted by Gasteiger charge is 2.42. The Hall–Kier alpha value is -2.76. The van der Waals surface area contributed by atoms with E-state index in [0.29, 0.717) is 24.1 Å². The number of carboxylic acid groups (broad SMARTS) is 1. The van der Waals surface area contributed by atoms with Gasteiger partial charge in [-0.1, -0.05) is 12.1 Å². The molecule has 0 aromatic heterocycles. The van der Waals surface area contributed by atoms with Crippen LogP contribution in [0.25, 0.3) is 0 Å². The molecule has 6 heteroatoms. The number of carboxylic acids is 1. The van der Waals surface area contributed by atoms with Crippen LogP contribution in [-0.4, -0.2) is 35.6 Å². The summed E-state index contributed by atoms with van der Waals surface area (Å²) in [6.45, 7) is 1.77. The van der Waals surface area contributed by atoms with Gasteiger partial charge in [0.25, 0.3) is 0 Å². The summed E-state index contributed by atoms with van der Waals surface area (Å²) in [4.78, 5) is 40.6. The van der Waals surface area contributed by atoms with Crippen molar-refractivity contribution in [3.63, 3.8) is 0 Å². The molecule has 3 rings (SSSR count). The van der Waals surface area contributed by atoms with Crippen molar-refractivity contribution < 1.29 is 24.2 Å². The first kappa shape index (κ1) is 17.1. The third-order valence-corrected chi connectivity index (χ3v) is 4.81. The van der Waals surface area contributed by atoms with Gasteiger partial charge >= 0.3 is 11.9 Å². The molecule has 1 aliphatic heterocycles. The van der Waals surface area contributed by atoms with Gasteiger partial charge in [0, 0.05) is 29.3 Å². The molecule has 25 heavy (non-hydrogen) atoms. The van der Waals surface area contributed by atoms with Crippen molar-refractivity contribution in [2.45, 2.75) is 32.1 Å². The van der Waals surface area contributed by atoms with Gasteiger partial charge in [0.1, 0.15) is 5.92 Å². The predicted octanol–water partition coefficient (Wildman–Crippen LogP) is 2.74. The Morgan fingerprint density at radius 2 is 1.88 bits per heavy atom. The highest BCUT2D eigenvalue weighted by Crippen LogP contribution is 2.43. The van der Waals surface area contributed by atoms with Crippen LogP contribution in [0.1, 0.15) is 48.0 Å². The average molecular weight is 341 g/mol. The number of rotatable bonds is 3. The third kappa shape index (κ3) is 2.99. The lowest BCUT2D eigenvalue weighted by Crippen LogP contribution is -2.36.